The second-order valence-corrected chi connectivity index (χ2v) is 6.37. The Balaban J connectivity index is 1.92. The minimum absolute atomic E-state index is 0.529. The first kappa shape index (κ1) is 13.1. The molecule has 4 nitrogen and oxygen atoms in total. The van der Waals surface area contributed by atoms with Crippen molar-refractivity contribution in [3.05, 3.63) is 17.0 Å². The molecule has 0 spiro atoms. The Labute approximate surface area is 116 Å². The Kier molecular flexibility index (Phi) is 3.63. The molecule has 0 saturated carbocycles. The predicted molar refractivity (Wildman–Crippen MR) is 77.5 cm³/mol. The Hall–Kier alpha value is -0.870. The van der Waals surface area contributed by atoms with Crippen LogP contribution in [0.4, 0.5) is 0 Å². The molecule has 0 aliphatic carbocycles. The molecule has 1 saturated heterocycles. The molecular weight excluding hydrogens is 236 g/mol. The number of aromatic nitrogens is 2. The van der Waals surface area contributed by atoms with Crippen molar-refractivity contribution < 1.29 is 0 Å². The number of hydrogen-bond acceptors (Lipinski definition) is 3. The molecule has 106 valence electrons. The maximum atomic E-state index is 5.00. The van der Waals surface area contributed by atoms with E-state index in [0.29, 0.717) is 12.0 Å². The first-order chi connectivity index (χ1) is 9.16. The highest BCUT2D eigenvalue weighted by molar-refractivity contribution is 5.31. The fraction of sp³-hybridized carbons (Fsp3) is 0.800. The first-order valence-electron chi connectivity index (χ1n) is 7.66. The van der Waals surface area contributed by atoms with E-state index in [-0.39, 0.29) is 0 Å². The third-order valence-corrected chi connectivity index (χ3v) is 4.57. The lowest BCUT2D eigenvalue weighted by atomic mass is 9.99. The van der Waals surface area contributed by atoms with Gasteiger partial charge in [-0.3, -0.25) is 4.68 Å². The number of nitrogens with zero attached hydrogens (tertiary/aromatic N) is 3. The molecule has 1 aromatic rings. The van der Waals surface area contributed by atoms with E-state index in [1.807, 2.05) is 0 Å². The number of piperidine rings is 1. The minimum atomic E-state index is 0.529. The van der Waals surface area contributed by atoms with Crippen molar-refractivity contribution in [2.75, 3.05) is 26.7 Å². The van der Waals surface area contributed by atoms with Crippen molar-refractivity contribution >= 4 is 0 Å². The van der Waals surface area contributed by atoms with Gasteiger partial charge in [-0.2, -0.15) is 5.10 Å². The quantitative estimate of drug-likeness (QED) is 0.884. The van der Waals surface area contributed by atoms with Gasteiger partial charge in [0.25, 0.3) is 0 Å². The zero-order chi connectivity index (χ0) is 13.4. The van der Waals surface area contributed by atoms with Crippen molar-refractivity contribution in [2.45, 2.75) is 51.6 Å². The van der Waals surface area contributed by atoms with Crippen LogP contribution in [-0.4, -0.2) is 41.4 Å². The van der Waals surface area contributed by atoms with Gasteiger partial charge >= 0.3 is 0 Å². The van der Waals surface area contributed by atoms with Gasteiger partial charge in [-0.05, 0) is 38.9 Å². The summed E-state index contributed by atoms with van der Waals surface area (Å²) in [5.74, 6) is 0.529. The predicted octanol–water partition coefficient (Wildman–Crippen LogP) is 1.92. The van der Waals surface area contributed by atoms with Gasteiger partial charge in [0, 0.05) is 30.8 Å². The number of likely N-dealkylation sites (tertiary alicyclic amines) is 1. The zero-order valence-electron chi connectivity index (χ0n) is 12.4. The number of rotatable bonds is 2. The van der Waals surface area contributed by atoms with E-state index in [9.17, 15) is 0 Å². The first-order valence-corrected chi connectivity index (χ1v) is 7.66. The summed E-state index contributed by atoms with van der Waals surface area (Å²) < 4.78 is 2.39. The molecule has 2 aliphatic rings. The van der Waals surface area contributed by atoms with Crippen LogP contribution in [0.1, 0.15) is 55.6 Å². The topological polar surface area (TPSA) is 33.1 Å². The highest BCUT2D eigenvalue weighted by atomic mass is 15.3. The molecule has 2 aliphatic heterocycles. The fourth-order valence-electron chi connectivity index (χ4n) is 3.41. The molecule has 0 radical (unpaired) electrons. The maximum absolute atomic E-state index is 5.00. The second-order valence-electron chi connectivity index (χ2n) is 6.37. The smallest absolute Gasteiger partial charge is 0.0697 e. The van der Waals surface area contributed by atoms with Crippen molar-refractivity contribution in [1.29, 1.82) is 0 Å². The van der Waals surface area contributed by atoms with E-state index in [1.165, 1.54) is 42.9 Å². The van der Waals surface area contributed by atoms with E-state index < -0.39 is 0 Å². The van der Waals surface area contributed by atoms with E-state index >= 15 is 0 Å². The van der Waals surface area contributed by atoms with Gasteiger partial charge in [-0.1, -0.05) is 13.8 Å². The summed E-state index contributed by atoms with van der Waals surface area (Å²) in [5, 5.41) is 8.50. The molecule has 0 aromatic carbocycles. The average molecular weight is 262 g/mol. The molecule has 3 rings (SSSR count). The maximum Gasteiger partial charge on any atom is 0.0697 e. The number of fused-ring (bicyclic) bond motifs is 1. The van der Waals surface area contributed by atoms with E-state index in [1.54, 1.807) is 0 Å². The molecule has 1 N–H and O–H groups in total. The number of nitrogens with one attached hydrogen (secondary N) is 1. The Morgan fingerprint density at radius 2 is 2.00 bits per heavy atom. The fourth-order valence-corrected chi connectivity index (χ4v) is 3.41. The minimum Gasteiger partial charge on any atom is -0.312 e. The SMILES string of the molecule is CC(C)c1nn(C2CCN(C)CC2)c2c1CNCC2. The standard InChI is InChI=1S/C15H26N4/c1-11(2)15-13-10-16-7-4-14(13)19(17-15)12-5-8-18(3)9-6-12/h11-12,16H,4-10H2,1-3H3. The van der Waals surface area contributed by atoms with Gasteiger partial charge in [0.2, 0.25) is 0 Å². The van der Waals surface area contributed by atoms with Crippen LogP contribution in [-0.2, 0) is 13.0 Å². The van der Waals surface area contributed by atoms with Gasteiger partial charge in [-0.25, -0.2) is 0 Å². The summed E-state index contributed by atoms with van der Waals surface area (Å²) in [6.07, 6.45) is 3.63. The molecule has 4 heteroatoms. The summed E-state index contributed by atoms with van der Waals surface area (Å²) in [7, 11) is 2.22. The van der Waals surface area contributed by atoms with Crippen LogP contribution in [0.25, 0.3) is 0 Å². The Morgan fingerprint density at radius 3 is 2.68 bits per heavy atom. The molecule has 1 fully saturated rings. The summed E-state index contributed by atoms with van der Waals surface area (Å²) >= 11 is 0. The van der Waals surface area contributed by atoms with Crippen LogP contribution in [0.3, 0.4) is 0 Å². The molecule has 0 atom stereocenters. The largest absolute Gasteiger partial charge is 0.312 e. The van der Waals surface area contributed by atoms with Crippen LogP contribution in [0.2, 0.25) is 0 Å². The van der Waals surface area contributed by atoms with Gasteiger partial charge in [-0.15, -0.1) is 0 Å². The lowest BCUT2D eigenvalue weighted by molar-refractivity contribution is 0.209. The lowest BCUT2D eigenvalue weighted by Crippen LogP contribution is -2.33. The average Bonchev–Trinajstić information content (AvgIpc) is 2.79. The molecule has 19 heavy (non-hydrogen) atoms. The van der Waals surface area contributed by atoms with Crippen molar-refractivity contribution in [2.24, 2.45) is 0 Å². The Bertz CT molecular complexity index is 441. The highest BCUT2D eigenvalue weighted by Gasteiger charge is 2.27. The van der Waals surface area contributed by atoms with E-state index in [0.717, 1.165) is 19.5 Å². The second kappa shape index (κ2) is 5.25. The molecule has 3 heterocycles. The third-order valence-electron chi connectivity index (χ3n) is 4.57. The van der Waals surface area contributed by atoms with Crippen LogP contribution < -0.4 is 5.32 Å². The lowest BCUT2D eigenvalue weighted by Gasteiger charge is -2.30. The van der Waals surface area contributed by atoms with Crippen LogP contribution in [0.15, 0.2) is 0 Å². The molecular formula is C15H26N4. The van der Waals surface area contributed by atoms with Gasteiger partial charge < -0.3 is 10.2 Å². The van der Waals surface area contributed by atoms with Crippen molar-refractivity contribution in [1.82, 2.24) is 20.0 Å². The van der Waals surface area contributed by atoms with E-state index in [4.69, 9.17) is 5.10 Å². The van der Waals surface area contributed by atoms with Gasteiger partial charge in [0.1, 0.15) is 0 Å². The summed E-state index contributed by atoms with van der Waals surface area (Å²) in [6, 6.07) is 0.621. The van der Waals surface area contributed by atoms with Crippen LogP contribution in [0, 0.1) is 0 Å². The van der Waals surface area contributed by atoms with Gasteiger partial charge in [0.15, 0.2) is 0 Å². The molecule has 0 unspecified atom stereocenters. The van der Waals surface area contributed by atoms with Gasteiger partial charge in [0.05, 0.1) is 11.7 Å². The zero-order valence-corrected chi connectivity index (χ0v) is 12.4. The Morgan fingerprint density at radius 1 is 1.26 bits per heavy atom. The molecule has 1 aromatic heterocycles. The highest BCUT2D eigenvalue weighted by Crippen LogP contribution is 2.30. The summed E-state index contributed by atoms with van der Waals surface area (Å²) in [4.78, 5) is 2.43. The normalized spacial score (nSPS) is 21.9. The molecule has 0 amide bonds. The molecule has 0 bridgehead atoms. The van der Waals surface area contributed by atoms with Crippen LogP contribution >= 0.6 is 0 Å². The van der Waals surface area contributed by atoms with Crippen molar-refractivity contribution in [3.8, 4) is 0 Å². The number of hydrogen-bond donors (Lipinski definition) is 1. The van der Waals surface area contributed by atoms with Crippen molar-refractivity contribution in [3.63, 3.8) is 0 Å². The van der Waals surface area contributed by atoms with E-state index in [2.05, 4.69) is 35.8 Å². The van der Waals surface area contributed by atoms with Crippen LogP contribution in [0.5, 0.6) is 0 Å². The summed E-state index contributed by atoms with van der Waals surface area (Å²) in [6.45, 7) is 9.04. The third kappa shape index (κ3) is 2.43. The summed E-state index contributed by atoms with van der Waals surface area (Å²) in [5.41, 5.74) is 4.32. The monoisotopic (exact) mass is 262 g/mol.